The number of carbonyl (C=O) groups excluding carboxylic acids is 1. The number of rotatable bonds is 3. The zero-order valence-corrected chi connectivity index (χ0v) is 13.0. The van der Waals surface area contributed by atoms with Gasteiger partial charge in [-0.1, -0.05) is 30.3 Å². The molecule has 1 atom stereocenters. The van der Waals surface area contributed by atoms with Crippen LogP contribution in [-0.2, 0) is 11.0 Å². The Morgan fingerprint density at radius 1 is 1.17 bits per heavy atom. The van der Waals surface area contributed by atoms with Crippen LogP contribution in [0.4, 0.5) is 18.9 Å². The number of H-pyrrole nitrogens is 1. The van der Waals surface area contributed by atoms with Crippen LogP contribution >= 0.6 is 12.6 Å². The summed E-state index contributed by atoms with van der Waals surface area (Å²) in [5.74, 6) is -1.45. The number of benzene rings is 2. The van der Waals surface area contributed by atoms with E-state index in [1.165, 1.54) is 18.2 Å². The van der Waals surface area contributed by atoms with Crippen LogP contribution in [0.1, 0.15) is 16.6 Å². The molecule has 0 saturated carbocycles. The van der Waals surface area contributed by atoms with E-state index in [9.17, 15) is 18.0 Å². The zero-order valence-electron chi connectivity index (χ0n) is 12.1. The molecule has 0 radical (unpaired) electrons. The molecule has 0 aliphatic rings. The minimum absolute atomic E-state index is 0.172. The number of halogens is 3. The lowest BCUT2D eigenvalue weighted by Crippen LogP contribution is -2.17. The van der Waals surface area contributed by atoms with Crippen LogP contribution in [-0.4, -0.2) is 15.9 Å². The quantitative estimate of drug-likeness (QED) is 0.620. The molecule has 0 saturated heterocycles. The molecule has 0 spiro atoms. The summed E-state index contributed by atoms with van der Waals surface area (Å²) < 4.78 is 38.0. The maximum atomic E-state index is 12.7. The van der Waals surface area contributed by atoms with E-state index >= 15 is 0 Å². The van der Waals surface area contributed by atoms with Crippen molar-refractivity contribution in [3.05, 3.63) is 59.9 Å². The Hall–Kier alpha value is -2.48. The van der Waals surface area contributed by atoms with Crippen molar-refractivity contribution in [2.24, 2.45) is 0 Å². The molecule has 0 aliphatic heterocycles. The summed E-state index contributed by atoms with van der Waals surface area (Å²) in [5.41, 5.74) is 1.45. The van der Waals surface area contributed by atoms with Crippen LogP contribution in [0.25, 0.3) is 11.0 Å². The second kappa shape index (κ2) is 6.20. The van der Waals surface area contributed by atoms with Crippen molar-refractivity contribution in [1.29, 1.82) is 0 Å². The van der Waals surface area contributed by atoms with Gasteiger partial charge in [0.05, 0.1) is 11.0 Å². The van der Waals surface area contributed by atoms with Gasteiger partial charge in [0.15, 0.2) is 0 Å². The van der Waals surface area contributed by atoms with Crippen molar-refractivity contribution < 1.29 is 18.0 Å². The van der Waals surface area contributed by atoms with Crippen molar-refractivity contribution in [3.63, 3.8) is 0 Å². The highest BCUT2D eigenvalue weighted by molar-refractivity contribution is 7.81. The predicted molar refractivity (Wildman–Crippen MR) is 87.9 cm³/mol. The van der Waals surface area contributed by atoms with E-state index in [0.717, 1.165) is 5.56 Å². The number of nitrogens with zero attached hydrogens (tertiary/aromatic N) is 1. The number of aromatic amines is 1. The van der Waals surface area contributed by atoms with Crippen LogP contribution in [0.2, 0.25) is 0 Å². The molecule has 124 valence electrons. The van der Waals surface area contributed by atoms with Gasteiger partial charge >= 0.3 is 6.18 Å². The Bertz CT molecular complexity index is 877. The van der Waals surface area contributed by atoms with E-state index in [-0.39, 0.29) is 16.9 Å². The number of anilines is 1. The van der Waals surface area contributed by atoms with Crippen LogP contribution in [0.3, 0.4) is 0 Å². The number of imidazole rings is 1. The lowest BCUT2D eigenvalue weighted by molar-refractivity contribution is -0.144. The lowest BCUT2D eigenvalue weighted by atomic mass is 10.1. The first-order valence-corrected chi connectivity index (χ1v) is 7.47. The third kappa shape index (κ3) is 3.38. The summed E-state index contributed by atoms with van der Waals surface area (Å²) in [7, 11) is 0. The van der Waals surface area contributed by atoms with Crippen LogP contribution in [0.5, 0.6) is 0 Å². The fourth-order valence-corrected chi connectivity index (χ4v) is 2.46. The van der Waals surface area contributed by atoms with Gasteiger partial charge < -0.3 is 10.3 Å². The molecule has 8 heteroatoms. The Balaban J connectivity index is 1.81. The number of thiol groups is 1. The maximum Gasteiger partial charge on any atom is 0.449 e. The van der Waals surface area contributed by atoms with Gasteiger partial charge in [0.2, 0.25) is 11.7 Å². The molecule has 0 bridgehead atoms. The number of nitrogens with one attached hydrogen (secondary N) is 2. The number of fused-ring (bicyclic) bond motifs is 1. The van der Waals surface area contributed by atoms with E-state index in [4.69, 9.17) is 0 Å². The van der Waals surface area contributed by atoms with Gasteiger partial charge in [-0.05, 0) is 23.8 Å². The smallest absolute Gasteiger partial charge is 0.334 e. The minimum Gasteiger partial charge on any atom is -0.334 e. The van der Waals surface area contributed by atoms with Crippen molar-refractivity contribution in [2.45, 2.75) is 11.4 Å². The summed E-state index contributed by atoms with van der Waals surface area (Å²) in [4.78, 5) is 17.9. The summed E-state index contributed by atoms with van der Waals surface area (Å²) in [6.45, 7) is 0. The first kappa shape index (κ1) is 16.4. The summed E-state index contributed by atoms with van der Waals surface area (Å²) in [6.07, 6.45) is -4.55. The molecule has 4 nitrogen and oxygen atoms in total. The molecular formula is C16H12F3N3OS. The molecule has 1 amide bonds. The third-order valence-electron chi connectivity index (χ3n) is 3.38. The largest absolute Gasteiger partial charge is 0.449 e. The van der Waals surface area contributed by atoms with Gasteiger partial charge in [0, 0.05) is 5.69 Å². The Morgan fingerprint density at radius 2 is 1.88 bits per heavy atom. The van der Waals surface area contributed by atoms with E-state index in [1.54, 1.807) is 24.3 Å². The SMILES string of the molecule is O=C(Nc1ccc2nc(C(F)(F)F)[nH]c2c1)C(S)c1ccccc1. The lowest BCUT2D eigenvalue weighted by Gasteiger charge is -2.11. The van der Waals surface area contributed by atoms with Gasteiger partial charge in [-0.25, -0.2) is 4.98 Å². The highest BCUT2D eigenvalue weighted by Crippen LogP contribution is 2.29. The second-order valence-corrected chi connectivity index (χ2v) is 5.63. The number of alkyl halides is 3. The average molecular weight is 351 g/mol. The van der Waals surface area contributed by atoms with Crippen LogP contribution in [0.15, 0.2) is 48.5 Å². The molecular weight excluding hydrogens is 339 g/mol. The monoisotopic (exact) mass is 351 g/mol. The molecule has 1 aromatic heterocycles. The Morgan fingerprint density at radius 3 is 2.54 bits per heavy atom. The molecule has 24 heavy (non-hydrogen) atoms. The number of hydrogen-bond donors (Lipinski definition) is 3. The van der Waals surface area contributed by atoms with Crippen molar-refractivity contribution in [3.8, 4) is 0 Å². The predicted octanol–water partition coefficient (Wildman–Crippen LogP) is 4.19. The highest BCUT2D eigenvalue weighted by Gasteiger charge is 2.34. The van der Waals surface area contributed by atoms with Crippen molar-refractivity contribution >= 4 is 35.3 Å². The first-order chi connectivity index (χ1) is 11.3. The average Bonchev–Trinajstić information content (AvgIpc) is 2.98. The van der Waals surface area contributed by atoms with E-state index in [1.807, 2.05) is 6.07 Å². The fourth-order valence-electron chi connectivity index (χ4n) is 2.22. The molecule has 3 aromatic rings. The van der Waals surface area contributed by atoms with Gasteiger partial charge in [-0.2, -0.15) is 25.8 Å². The van der Waals surface area contributed by atoms with Crippen molar-refractivity contribution in [2.75, 3.05) is 5.32 Å². The Labute approximate surface area is 140 Å². The van der Waals surface area contributed by atoms with E-state index in [2.05, 4.69) is 27.9 Å². The Kier molecular flexibility index (Phi) is 4.23. The van der Waals surface area contributed by atoms with Gasteiger partial charge in [0.25, 0.3) is 0 Å². The number of amides is 1. The maximum absolute atomic E-state index is 12.7. The number of carbonyl (C=O) groups is 1. The molecule has 0 aliphatic carbocycles. The minimum atomic E-state index is -4.55. The van der Waals surface area contributed by atoms with Gasteiger partial charge in [-0.15, -0.1) is 0 Å². The second-order valence-electron chi connectivity index (χ2n) is 5.12. The molecule has 1 heterocycles. The fraction of sp³-hybridized carbons (Fsp3) is 0.125. The normalized spacial score (nSPS) is 13.0. The van der Waals surface area contributed by atoms with Gasteiger partial charge in [-0.3, -0.25) is 4.79 Å². The standard InChI is InChI=1S/C16H12F3N3OS/c17-16(18,19)15-21-11-7-6-10(8-12(11)22-15)20-14(23)13(24)9-4-2-1-3-5-9/h1-8,13,24H,(H,20,23)(H,21,22). The molecule has 3 rings (SSSR count). The molecule has 2 aromatic carbocycles. The number of hydrogen-bond acceptors (Lipinski definition) is 3. The van der Waals surface area contributed by atoms with Gasteiger partial charge in [0.1, 0.15) is 5.25 Å². The van der Waals surface area contributed by atoms with Crippen molar-refractivity contribution in [1.82, 2.24) is 9.97 Å². The summed E-state index contributed by atoms with van der Waals surface area (Å²) >= 11 is 4.28. The topological polar surface area (TPSA) is 57.8 Å². The van der Waals surface area contributed by atoms with E-state index in [0.29, 0.717) is 5.69 Å². The van der Waals surface area contributed by atoms with Crippen LogP contribution in [0, 0.1) is 0 Å². The number of aromatic nitrogens is 2. The first-order valence-electron chi connectivity index (χ1n) is 6.95. The molecule has 2 N–H and O–H groups in total. The zero-order chi connectivity index (χ0) is 17.3. The molecule has 0 fully saturated rings. The van der Waals surface area contributed by atoms with E-state index < -0.39 is 17.3 Å². The molecule has 1 unspecified atom stereocenters. The van der Waals surface area contributed by atoms with Crippen LogP contribution < -0.4 is 5.32 Å². The third-order valence-corrected chi connectivity index (χ3v) is 3.91. The summed E-state index contributed by atoms with van der Waals surface area (Å²) in [6, 6.07) is 13.3. The highest BCUT2D eigenvalue weighted by atomic mass is 32.1. The summed E-state index contributed by atoms with van der Waals surface area (Å²) in [5, 5.41) is 1.95.